The minimum Gasteiger partial charge on any atom is -0.478 e. The van der Waals surface area contributed by atoms with E-state index in [2.05, 4.69) is 27.7 Å². The Bertz CT molecular complexity index is 558. The third-order valence-corrected chi connectivity index (χ3v) is 4.47. The molecule has 0 amide bonds. The van der Waals surface area contributed by atoms with E-state index in [4.69, 9.17) is 9.47 Å². The van der Waals surface area contributed by atoms with Crippen LogP contribution in [0.25, 0.3) is 0 Å². The van der Waals surface area contributed by atoms with Crippen LogP contribution in [-0.2, 0) is 15.6 Å². The number of benzene rings is 1. The topological polar surface area (TPSA) is 55.8 Å². The molecule has 0 unspecified atom stereocenters. The van der Waals surface area contributed by atoms with E-state index < -0.39 is 5.97 Å². The lowest BCUT2D eigenvalue weighted by molar-refractivity contribution is 0.0504. The molecule has 1 aromatic rings. The van der Waals surface area contributed by atoms with Crippen molar-refractivity contribution in [2.45, 2.75) is 51.4 Å². The molecular formula is C17H24O4. The molecule has 1 aromatic carbocycles. The highest BCUT2D eigenvalue weighted by Gasteiger charge is 2.40. The normalized spacial score (nSPS) is 18.9. The summed E-state index contributed by atoms with van der Waals surface area (Å²) >= 11 is 0. The van der Waals surface area contributed by atoms with Gasteiger partial charge >= 0.3 is 5.97 Å². The second kappa shape index (κ2) is 5.34. The number of carboxylic acids is 1. The second-order valence-electron chi connectivity index (χ2n) is 7.02. The molecule has 2 rings (SSSR count). The summed E-state index contributed by atoms with van der Waals surface area (Å²) in [6.45, 7) is 8.66. The highest BCUT2D eigenvalue weighted by Crippen LogP contribution is 2.48. The highest BCUT2D eigenvalue weighted by atomic mass is 16.7. The summed E-state index contributed by atoms with van der Waals surface area (Å²) in [7, 11) is 1.55. The van der Waals surface area contributed by atoms with Crippen molar-refractivity contribution < 1.29 is 19.4 Å². The van der Waals surface area contributed by atoms with Gasteiger partial charge in [0.05, 0.1) is 5.56 Å². The van der Waals surface area contributed by atoms with Crippen LogP contribution in [0.5, 0.6) is 5.75 Å². The number of hydrogen-bond acceptors (Lipinski definition) is 3. The summed E-state index contributed by atoms with van der Waals surface area (Å²) in [5, 5.41) is 9.61. The predicted molar refractivity (Wildman–Crippen MR) is 81.2 cm³/mol. The smallest absolute Gasteiger partial charge is 0.336 e. The first-order valence-electron chi connectivity index (χ1n) is 7.23. The quantitative estimate of drug-likeness (QED) is 0.859. The molecule has 21 heavy (non-hydrogen) atoms. The number of ether oxygens (including phenoxy) is 2. The molecule has 0 saturated heterocycles. The fourth-order valence-corrected chi connectivity index (χ4v) is 3.14. The Morgan fingerprint density at radius 3 is 2.38 bits per heavy atom. The average molecular weight is 292 g/mol. The SMILES string of the molecule is COCOc1cc(C(=O)O)c2c(c1)C(C)(C)CCC2(C)C. The predicted octanol–water partition coefficient (Wildman–Crippen LogP) is 3.72. The van der Waals surface area contributed by atoms with E-state index in [1.807, 2.05) is 6.07 Å². The van der Waals surface area contributed by atoms with Gasteiger partial charge in [0, 0.05) is 7.11 Å². The van der Waals surface area contributed by atoms with Crippen molar-refractivity contribution in [3.8, 4) is 5.75 Å². The van der Waals surface area contributed by atoms with Gasteiger partial charge in [0.1, 0.15) is 5.75 Å². The number of rotatable bonds is 4. The van der Waals surface area contributed by atoms with Crippen molar-refractivity contribution in [1.82, 2.24) is 0 Å². The third-order valence-electron chi connectivity index (χ3n) is 4.47. The number of aromatic carboxylic acids is 1. The molecular weight excluding hydrogens is 268 g/mol. The molecule has 4 nitrogen and oxygen atoms in total. The second-order valence-corrected chi connectivity index (χ2v) is 7.02. The number of hydrogen-bond donors (Lipinski definition) is 1. The van der Waals surface area contributed by atoms with Gasteiger partial charge in [-0.2, -0.15) is 0 Å². The molecule has 0 heterocycles. The maximum absolute atomic E-state index is 11.7. The summed E-state index contributed by atoms with van der Waals surface area (Å²) in [6.07, 6.45) is 2.01. The lowest BCUT2D eigenvalue weighted by Crippen LogP contribution is -2.35. The van der Waals surface area contributed by atoms with Crippen molar-refractivity contribution in [3.05, 3.63) is 28.8 Å². The summed E-state index contributed by atoms with van der Waals surface area (Å²) in [5.74, 6) is -0.348. The first-order valence-corrected chi connectivity index (χ1v) is 7.23. The van der Waals surface area contributed by atoms with E-state index in [1.54, 1.807) is 13.2 Å². The summed E-state index contributed by atoms with van der Waals surface area (Å²) < 4.78 is 10.4. The molecule has 0 aromatic heterocycles. The van der Waals surface area contributed by atoms with Crippen molar-refractivity contribution in [2.75, 3.05) is 13.9 Å². The van der Waals surface area contributed by atoms with Crippen molar-refractivity contribution in [1.29, 1.82) is 0 Å². The molecule has 1 aliphatic rings. The monoisotopic (exact) mass is 292 g/mol. The van der Waals surface area contributed by atoms with Gasteiger partial charge in [0.25, 0.3) is 0 Å². The Morgan fingerprint density at radius 1 is 1.19 bits per heavy atom. The zero-order chi connectivity index (χ0) is 15.8. The molecule has 1 N–H and O–H groups in total. The van der Waals surface area contributed by atoms with Crippen LogP contribution in [0, 0.1) is 0 Å². The zero-order valence-electron chi connectivity index (χ0n) is 13.4. The highest BCUT2D eigenvalue weighted by molar-refractivity contribution is 5.91. The number of carboxylic acid groups (broad SMARTS) is 1. The first kappa shape index (κ1) is 15.8. The third kappa shape index (κ3) is 2.91. The van der Waals surface area contributed by atoms with Crippen molar-refractivity contribution in [3.63, 3.8) is 0 Å². The van der Waals surface area contributed by atoms with Crippen molar-refractivity contribution >= 4 is 5.97 Å². The molecule has 0 atom stereocenters. The van der Waals surface area contributed by atoms with Crippen LogP contribution in [0.2, 0.25) is 0 Å². The van der Waals surface area contributed by atoms with E-state index in [0.29, 0.717) is 11.3 Å². The largest absolute Gasteiger partial charge is 0.478 e. The molecule has 0 spiro atoms. The van der Waals surface area contributed by atoms with Gasteiger partial charge in [0.2, 0.25) is 0 Å². The van der Waals surface area contributed by atoms with Crippen LogP contribution < -0.4 is 4.74 Å². The maximum atomic E-state index is 11.7. The fourth-order valence-electron chi connectivity index (χ4n) is 3.14. The van der Waals surface area contributed by atoms with Gasteiger partial charge in [0.15, 0.2) is 6.79 Å². The van der Waals surface area contributed by atoms with Crippen LogP contribution in [0.4, 0.5) is 0 Å². The molecule has 116 valence electrons. The standard InChI is InChI=1S/C17H24O4/c1-16(2)6-7-17(3,4)14-12(15(18)19)8-11(9-13(14)16)21-10-20-5/h8-9H,6-7,10H2,1-5H3,(H,18,19). The molecule has 0 fully saturated rings. The van der Waals surface area contributed by atoms with Crippen molar-refractivity contribution in [2.24, 2.45) is 0 Å². The molecule has 1 aliphatic carbocycles. The average Bonchev–Trinajstić information content (AvgIpc) is 2.40. The lowest BCUT2D eigenvalue weighted by Gasteiger charge is -2.42. The van der Waals surface area contributed by atoms with Crippen LogP contribution >= 0.6 is 0 Å². The summed E-state index contributed by atoms with van der Waals surface area (Å²) in [5.41, 5.74) is 2.16. The van der Waals surface area contributed by atoms with E-state index in [9.17, 15) is 9.90 Å². The minimum absolute atomic E-state index is 0.0541. The summed E-state index contributed by atoms with van der Waals surface area (Å²) in [4.78, 5) is 11.7. The minimum atomic E-state index is -0.903. The molecule has 0 bridgehead atoms. The van der Waals surface area contributed by atoms with Gasteiger partial charge in [-0.25, -0.2) is 4.79 Å². The van der Waals surface area contributed by atoms with Crippen LogP contribution in [0.3, 0.4) is 0 Å². The van der Waals surface area contributed by atoms with Crippen LogP contribution in [0.1, 0.15) is 62.0 Å². The Hall–Kier alpha value is -1.55. The van der Waals surface area contributed by atoms with Gasteiger partial charge in [-0.05, 0) is 46.9 Å². The van der Waals surface area contributed by atoms with E-state index in [0.717, 1.165) is 24.0 Å². The Morgan fingerprint density at radius 2 is 1.81 bits per heavy atom. The Labute approximate surface area is 126 Å². The van der Waals surface area contributed by atoms with Gasteiger partial charge in [-0.1, -0.05) is 27.7 Å². The zero-order valence-corrected chi connectivity index (χ0v) is 13.4. The first-order chi connectivity index (χ1) is 9.69. The van der Waals surface area contributed by atoms with Crippen LogP contribution in [0.15, 0.2) is 12.1 Å². The van der Waals surface area contributed by atoms with E-state index >= 15 is 0 Å². The van der Waals surface area contributed by atoms with Gasteiger partial charge < -0.3 is 14.6 Å². The van der Waals surface area contributed by atoms with E-state index in [-0.39, 0.29) is 17.6 Å². The number of carbonyl (C=O) groups is 1. The number of methoxy groups -OCH3 is 1. The van der Waals surface area contributed by atoms with E-state index in [1.165, 1.54) is 0 Å². The fraction of sp³-hybridized carbons (Fsp3) is 0.588. The number of fused-ring (bicyclic) bond motifs is 1. The Balaban J connectivity index is 2.67. The Kier molecular flexibility index (Phi) is 4.02. The lowest BCUT2D eigenvalue weighted by atomic mass is 9.62. The maximum Gasteiger partial charge on any atom is 0.336 e. The summed E-state index contributed by atoms with van der Waals surface area (Å²) in [6, 6.07) is 3.59. The van der Waals surface area contributed by atoms with Crippen LogP contribution in [-0.4, -0.2) is 25.0 Å². The van der Waals surface area contributed by atoms with Gasteiger partial charge in [-0.3, -0.25) is 0 Å². The molecule has 4 heteroatoms. The molecule has 0 saturated carbocycles. The molecule has 0 aliphatic heterocycles. The molecule has 0 radical (unpaired) electrons. The van der Waals surface area contributed by atoms with Gasteiger partial charge in [-0.15, -0.1) is 0 Å².